The predicted octanol–water partition coefficient (Wildman–Crippen LogP) is 2.19. The number of hydrogen-bond acceptors (Lipinski definition) is 3. The van der Waals surface area contributed by atoms with Gasteiger partial charge in [-0.2, -0.15) is 0 Å². The van der Waals surface area contributed by atoms with Crippen LogP contribution in [-0.4, -0.2) is 35.3 Å². The Labute approximate surface area is 116 Å². The summed E-state index contributed by atoms with van der Waals surface area (Å²) in [5.41, 5.74) is -0.121. The van der Waals surface area contributed by atoms with Gasteiger partial charge in [0.15, 0.2) is 0 Å². The number of amides is 2. The molecular formula is C15H28N2O2. The highest BCUT2D eigenvalue weighted by molar-refractivity contribution is 5.98. The molecule has 1 unspecified atom stereocenters. The highest BCUT2D eigenvalue weighted by Gasteiger charge is 2.37. The van der Waals surface area contributed by atoms with E-state index >= 15 is 0 Å². The largest absolute Gasteiger partial charge is 0.312 e. The smallest absolute Gasteiger partial charge is 0.229 e. The van der Waals surface area contributed by atoms with E-state index < -0.39 is 0 Å². The maximum absolute atomic E-state index is 12.0. The molecule has 0 aromatic carbocycles. The first kappa shape index (κ1) is 16.2. The van der Waals surface area contributed by atoms with Crippen LogP contribution in [-0.2, 0) is 9.59 Å². The molecule has 19 heavy (non-hydrogen) atoms. The van der Waals surface area contributed by atoms with Gasteiger partial charge in [0.1, 0.15) is 0 Å². The number of piperidine rings is 1. The molecule has 4 nitrogen and oxygen atoms in total. The Balaban J connectivity index is 2.52. The molecule has 1 N–H and O–H groups in total. The van der Waals surface area contributed by atoms with Crippen molar-refractivity contribution >= 4 is 11.8 Å². The first-order valence-corrected chi connectivity index (χ1v) is 7.08. The van der Waals surface area contributed by atoms with Crippen LogP contribution in [0, 0.1) is 11.3 Å². The van der Waals surface area contributed by atoms with Gasteiger partial charge in [0.25, 0.3) is 0 Å². The highest BCUT2D eigenvalue weighted by atomic mass is 16.2. The average molecular weight is 268 g/mol. The van der Waals surface area contributed by atoms with E-state index in [4.69, 9.17) is 0 Å². The van der Waals surface area contributed by atoms with Gasteiger partial charge < -0.3 is 5.32 Å². The van der Waals surface area contributed by atoms with E-state index in [2.05, 4.69) is 33.0 Å². The van der Waals surface area contributed by atoms with Gasteiger partial charge in [-0.25, -0.2) is 0 Å². The van der Waals surface area contributed by atoms with Gasteiger partial charge >= 0.3 is 0 Å². The zero-order valence-corrected chi connectivity index (χ0v) is 13.2. The average Bonchev–Trinajstić information content (AvgIpc) is 2.18. The Kier molecular flexibility index (Phi) is 4.77. The number of hydrogen-bond donors (Lipinski definition) is 1. The van der Waals surface area contributed by atoms with Gasteiger partial charge in [-0.3, -0.25) is 14.5 Å². The molecule has 1 rings (SSSR count). The lowest BCUT2D eigenvalue weighted by Crippen LogP contribution is -2.49. The number of rotatable bonds is 4. The first-order valence-electron chi connectivity index (χ1n) is 7.08. The summed E-state index contributed by atoms with van der Waals surface area (Å²) in [6.07, 6.45) is 0.941. The Morgan fingerprint density at radius 1 is 1.21 bits per heavy atom. The fourth-order valence-electron chi connectivity index (χ4n) is 2.27. The van der Waals surface area contributed by atoms with Crippen molar-refractivity contribution < 1.29 is 9.59 Å². The minimum Gasteiger partial charge on any atom is -0.312 e. The lowest BCUT2D eigenvalue weighted by molar-refractivity contribution is -0.153. The Bertz CT molecular complexity index is 336. The minimum atomic E-state index is -0.183. The second-order valence-corrected chi connectivity index (χ2v) is 7.65. The van der Waals surface area contributed by atoms with Crippen molar-refractivity contribution in [3.63, 3.8) is 0 Å². The monoisotopic (exact) mass is 268 g/mol. The lowest BCUT2D eigenvalue weighted by Gasteiger charge is -2.36. The van der Waals surface area contributed by atoms with Gasteiger partial charge in [0.2, 0.25) is 11.8 Å². The Morgan fingerprint density at radius 3 is 2.11 bits per heavy atom. The van der Waals surface area contributed by atoms with Crippen LogP contribution in [0.1, 0.15) is 54.4 Å². The fourth-order valence-corrected chi connectivity index (χ4v) is 2.27. The van der Waals surface area contributed by atoms with Gasteiger partial charge in [0, 0.05) is 24.9 Å². The molecule has 4 heteroatoms. The van der Waals surface area contributed by atoms with E-state index in [9.17, 15) is 9.59 Å². The minimum absolute atomic E-state index is 0.0242. The zero-order chi connectivity index (χ0) is 14.8. The number of nitrogens with one attached hydrogen (secondary N) is 1. The van der Waals surface area contributed by atoms with Crippen LogP contribution in [0.5, 0.6) is 0 Å². The first-order chi connectivity index (χ1) is 8.50. The van der Waals surface area contributed by atoms with Crippen LogP contribution >= 0.6 is 0 Å². The van der Waals surface area contributed by atoms with Crippen molar-refractivity contribution in [2.45, 2.75) is 59.9 Å². The van der Waals surface area contributed by atoms with E-state index in [1.54, 1.807) is 0 Å². The van der Waals surface area contributed by atoms with Crippen LogP contribution in [0.25, 0.3) is 0 Å². The van der Waals surface area contributed by atoms with Gasteiger partial charge in [-0.15, -0.1) is 0 Å². The van der Waals surface area contributed by atoms with Crippen molar-refractivity contribution in [3.05, 3.63) is 0 Å². The molecule has 1 fully saturated rings. The molecule has 1 heterocycles. The molecule has 0 radical (unpaired) electrons. The van der Waals surface area contributed by atoms with Crippen molar-refractivity contribution in [2.75, 3.05) is 13.1 Å². The fraction of sp³-hybridized carbons (Fsp3) is 0.867. The molecule has 1 aliphatic heterocycles. The summed E-state index contributed by atoms with van der Waals surface area (Å²) in [6.45, 7) is 13.7. The van der Waals surface area contributed by atoms with Crippen LogP contribution < -0.4 is 5.32 Å². The van der Waals surface area contributed by atoms with Gasteiger partial charge in [-0.1, -0.05) is 20.8 Å². The number of imide groups is 1. The molecule has 1 atom stereocenters. The molecule has 1 aliphatic rings. The van der Waals surface area contributed by atoms with Crippen molar-refractivity contribution in [1.82, 2.24) is 10.2 Å². The van der Waals surface area contributed by atoms with Crippen molar-refractivity contribution in [1.29, 1.82) is 0 Å². The summed E-state index contributed by atoms with van der Waals surface area (Å²) >= 11 is 0. The van der Waals surface area contributed by atoms with Crippen LogP contribution in [0.2, 0.25) is 0 Å². The molecule has 0 bridgehead atoms. The molecule has 0 saturated carbocycles. The highest BCUT2D eigenvalue weighted by Crippen LogP contribution is 2.31. The summed E-state index contributed by atoms with van der Waals surface area (Å²) in [5.74, 6) is 0.223. The molecule has 0 spiro atoms. The third kappa shape index (κ3) is 5.31. The number of likely N-dealkylation sites (tertiary alicyclic amines) is 1. The SMILES string of the molecule is CC(CNC(C)(C)C)CN1C(=O)CC(C)(C)CC1=O. The van der Waals surface area contributed by atoms with Gasteiger partial charge in [0.05, 0.1) is 0 Å². The lowest BCUT2D eigenvalue weighted by atomic mass is 9.81. The summed E-state index contributed by atoms with van der Waals surface area (Å²) in [5, 5.41) is 3.41. The second kappa shape index (κ2) is 5.61. The third-order valence-electron chi connectivity index (χ3n) is 3.34. The summed E-state index contributed by atoms with van der Waals surface area (Å²) in [6, 6.07) is 0. The standard InChI is InChI=1S/C15H28N2O2/c1-11(9-16-14(2,3)4)10-17-12(18)7-15(5,6)8-13(17)19/h11,16H,7-10H2,1-6H3. The topological polar surface area (TPSA) is 49.4 Å². The summed E-state index contributed by atoms with van der Waals surface area (Å²) < 4.78 is 0. The molecule has 1 saturated heterocycles. The second-order valence-electron chi connectivity index (χ2n) is 7.65. The molecule has 0 aliphatic carbocycles. The number of carbonyl (C=O) groups excluding carboxylic acids is 2. The van der Waals surface area contributed by atoms with Gasteiger partial charge in [-0.05, 0) is 38.6 Å². The maximum atomic E-state index is 12.0. The van der Waals surface area contributed by atoms with E-state index in [0.29, 0.717) is 19.4 Å². The van der Waals surface area contributed by atoms with Crippen LogP contribution in [0.15, 0.2) is 0 Å². The molecule has 0 aromatic heterocycles. The van der Waals surface area contributed by atoms with Crippen LogP contribution in [0.4, 0.5) is 0 Å². The van der Waals surface area contributed by atoms with Crippen LogP contribution in [0.3, 0.4) is 0 Å². The van der Waals surface area contributed by atoms with Crippen molar-refractivity contribution in [2.24, 2.45) is 11.3 Å². The molecule has 2 amide bonds. The Hall–Kier alpha value is -0.900. The van der Waals surface area contributed by atoms with Crippen molar-refractivity contribution in [3.8, 4) is 0 Å². The quantitative estimate of drug-likeness (QED) is 0.795. The predicted molar refractivity (Wildman–Crippen MR) is 76.7 cm³/mol. The van der Waals surface area contributed by atoms with E-state index in [0.717, 1.165) is 6.54 Å². The Morgan fingerprint density at radius 2 is 1.68 bits per heavy atom. The molecule has 110 valence electrons. The number of nitrogens with zero attached hydrogens (tertiary/aromatic N) is 1. The normalized spacial score (nSPS) is 21.7. The zero-order valence-electron chi connectivity index (χ0n) is 13.2. The summed E-state index contributed by atoms with van der Waals surface area (Å²) in [7, 11) is 0. The molecular weight excluding hydrogens is 240 g/mol. The summed E-state index contributed by atoms with van der Waals surface area (Å²) in [4.78, 5) is 25.5. The van der Waals surface area contributed by atoms with E-state index in [1.165, 1.54) is 4.90 Å². The number of carbonyl (C=O) groups is 2. The van der Waals surface area contributed by atoms with E-state index in [-0.39, 0.29) is 28.7 Å². The molecule has 0 aromatic rings. The third-order valence-corrected chi connectivity index (χ3v) is 3.34. The maximum Gasteiger partial charge on any atom is 0.229 e. The van der Waals surface area contributed by atoms with E-state index in [1.807, 2.05) is 13.8 Å².